The van der Waals surface area contributed by atoms with Crippen LogP contribution in [0.15, 0.2) is 36.9 Å². The van der Waals surface area contributed by atoms with E-state index in [4.69, 9.17) is 18.8 Å². The summed E-state index contributed by atoms with van der Waals surface area (Å²) >= 11 is 0. The van der Waals surface area contributed by atoms with Crippen molar-refractivity contribution in [2.75, 3.05) is 19.5 Å². The van der Waals surface area contributed by atoms with Crippen molar-refractivity contribution in [1.82, 2.24) is 14.8 Å². The van der Waals surface area contributed by atoms with E-state index in [1.807, 2.05) is 12.1 Å². The number of nitrogens with zero attached hydrogens (tertiary/aromatic N) is 3. The van der Waals surface area contributed by atoms with Gasteiger partial charge >= 0.3 is 0 Å². The molecule has 1 aromatic heterocycles. The van der Waals surface area contributed by atoms with Crippen molar-refractivity contribution < 1.29 is 27.2 Å². The largest absolute Gasteiger partial charge is 0.497 e. The Morgan fingerprint density at radius 1 is 1.40 bits per heavy atom. The van der Waals surface area contributed by atoms with E-state index in [1.165, 1.54) is 6.33 Å². The summed E-state index contributed by atoms with van der Waals surface area (Å²) in [7, 11) is -2.47. The number of ether oxygens (including phenoxy) is 3. The van der Waals surface area contributed by atoms with Gasteiger partial charge in [0.1, 0.15) is 24.9 Å². The summed E-state index contributed by atoms with van der Waals surface area (Å²) in [6, 6.07) is 7.22. The monoisotopic (exact) mass is 369 g/mol. The summed E-state index contributed by atoms with van der Waals surface area (Å²) < 4.78 is 49.6. The minimum Gasteiger partial charge on any atom is -0.497 e. The van der Waals surface area contributed by atoms with Gasteiger partial charge in [0.05, 0.1) is 25.6 Å². The summed E-state index contributed by atoms with van der Waals surface area (Å²) in [4.78, 5) is 3.91. The van der Waals surface area contributed by atoms with Crippen LogP contribution in [0.5, 0.6) is 5.75 Å². The van der Waals surface area contributed by atoms with Gasteiger partial charge < -0.3 is 14.2 Å². The minimum atomic E-state index is -4.05. The molecule has 2 heterocycles. The van der Waals surface area contributed by atoms with E-state index in [0.29, 0.717) is 5.75 Å². The van der Waals surface area contributed by atoms with Crippen LogP contribution in [0.25, 0.3) is 0 Å². The maximum absolute atomic E-state index is 11.0. The summed E-state index contributed by atoms with van der Waals surface area (Å²) in [5.74, 6) is -0.812. The third-order valence-corrected chi connectivity index (χ3v) is 4.68. The molecule has 1 fully saturated rings. The Labute approximate surface area is 145 Å². The predicted molar refractivity (Wildman–Crippen MR) is 86.6 cm³/mol. The molecule has 1 aliphatic rings. The van der Waals surface area contributed by atoms with Crippen LogP contribution in [0.2, 0.25) is 0 Å². The first-order chi connectivity index (χ1) is 11.9. The normalized spacial score (nSPS) is 23.7. The Hall–Kier alpha value is -2.01. The first-order valence-electron chi connectivity index (χ1n) is 7.64. The fourth-order valence-corrected chi connectivity index (χ4v) is 3.25. The van der Waals surface area contributed by atoms with Gasteiger partial charge in [-0.15, -0.1) is 0 Å². The van der Waals surface area contributed by atoms with Crippen molar-refractivity contribution in [2.45, 2.75) is 24.9 Å². The number of benzene rings is 1. The van der Waals surface area contributed by atoms with E-state index in [-0.39, 0.29) is 25.3 Å². The summed E-state index contributed by atoms with van der Waals surface area (Å²) in [6.45, 7) is 0.456. The molecular formula is C15H19N3O6S. The van der Waals surface area contributed by atoms with Gasteiger partial charge in [0, 0.05) is 5.56 Å². The van der Waals surface area contributed by atoms with Crippen LogP contribution in [0, 0.1) is 0 Å². The maximum atomic E-state index is 11.0. The Bertz CT molecular complexity index is 793. The quantitative estimate of drug-likeness (QED) is 0.714. The van der Waals surface area contributed by atoms with Gasteiger partial charge in [-0.25, -0.2) is 9.67 Å². The molecule has 136 valence electrons. The van der Waals surface area contributed by atoms with Crippen LogP contribution in [-0.4, -0.2) is 53.3 Å². The Morgan fingerprint density at radius 3 is 2.76 bits per heavy atom. The van der Waals surface area contributed by atoms with Crippen LogP contribution in [-0.2, 0) is 31.9 Å². The molecule has 0 spiro atoms. The SMILES string of the molecule is COc1ccc(C2(Cn3cncn3)OCC(CCS(=O)(=O)O)O2)cc1. The van der Waals surface area contributed by atoms with Gasteiger partial charge in [-0.1, -0.05) is 0 Å². The van der Waals surface area contributed by atoms with Gasteiger partial charge in [0.15, 0.2) is 0 Å². The van der Waals surface area contributed by atoms with E-state index < -0.39 is 22.0 Å². The first kappa shape index (κ1) is 17.8. The van der Waals surface area contributed by atoms with Gasteiger partial charge in [0.25, 0.3) is 10.1 Å². The van der Waals surface area contributed by atoms with Gasteiger partial charge in [-0.2, -0.15) is 13.5 Å². The number of aromatic nitrogens is 3. The first-order valence-corrected chi connectivity index (χ1v) is 9.25. The molecule has 10 heteroatoms. The Morgan fingerprint density at radius 2 is 2.16 bits per heavy atom. The van der Waals surface area contributed by atoms with Crippen molar-refractivity contribution in [1.29, 1.82) is 0 Å². The summed E-state index contributed by atoms with van der Waals surface area (Å²) in [5.41, 5.74) is 0.748. The molecule has 25 heavy (non-hydrogen) atoms. The fourth-order valence-electron chi connectivity index (χ4n) is 2.69. The van der Waals surface area contributed by atoms with Crippen molar-refractivity contribution in [3.63, 3.8) is 0 Å². The molecule has 0 aliphatic carbocycles. The average molecular weight is 369 g/mol. The average Bonchev–Trinajstić information content (AvgIpc) is 3.23. The lowest BCUT2D eigenvalue weighted by Crippen LogP contribution is -2.34. The lowest BCUT2D eigenvalue weighted by atomic mass is 10.1. The highest BCUT2D eigenvalue weighted by atomic mass is 32.2. The second-order valence-corrected chi connectivity index (χ2v) is 7.27. The molecule has 0 amide bonds. The van der Waals surface area contributed by atoms with Crippen molar-refractivity contribution in [3.8, 4) is 5.75 Å². The smallest absolute Gasteiger partial charge is 0.264 e. The molecule has 0 saturated carbocycles. The van der Waals surface area contributed by atoms with E-state index in [2.05, 4.69) is 10.1 Å². The van der Waals surface area contributed by atoms with Gasteiger partial charge in [-0.05, 0) is 30.7 Å². The lowest BCUT2D eigenvalue weighted by molar-refractivity contribution is -0.188. The highest BCUT2D eigenvalue weighted by Crippen LogP contribution is 2.37. The number of methoxy groups -OCH3 is 1. The van der Waals surface area contributed by atoms with Crippen LogP contribution in [0.3, 0.4) is 0 Å². The van der Waals surface area contributed by atoms with E-state index in [1.54, 1.807) is 30.3 Å². The maximum Gasteiger partial charge on any atom is 0.264 e. The molecule has 9 nitrogen and oxygen atoms in total. The summed E-state index contributed by atoms with van der Waals surface area (Å²) in [6.07, 6.45) is 2.62. The molecule has 0 radical (unpaired) electrons. The van der Waals surface area contributed by atoms with E-state index >= 15 is 0 Å². The fraction of sp³-hybridized carbons (Fsp3) is 0.467. The number of hydrogen-bond donors (Lipinski definition) is 1. The molecule has 2 atom stereocenters. The van der Waals surface area contributed by atoms with Crippen LogP contribution >= 0.6 is 0 Å². The highest BCUT2D eigenvalue weighted by Gasteiger charge is 2.44. The number of rotatable bonds is 7. The second kappa shape index (κ2) is 7.08. The standard InChI is InChI=1S/C15H19N3O6S/c1-22-13-4-2-12(3-5-13)15(9-18-11-16-10-17-18)23-8-14(24-15)6-7-25(19,20)21/h2-5,10-11,14H,6-9H2,1H3,(H,19,20,21). The third-order valence-electron chi connectivity index (χ3n) is 3.92. The zero-order valence-corrected chi connectivity index (χ0v) is 14.4. The molecule has 2 aromatic rings. The van der Waals surface area contributed by atoms with Gasteiger partial charge in [-0.3, -0.25) is 4.55 Å². The third kappa shape index (κ3) is 4.34. The van der Waals surface area contributed by atoms with E-state index in [0.717, 1.165) is 5.56 Å². The zero-order valence-electron chi connectivity index (χ0n) is 13.6. The van der Waals surface area contributed by atoms with Crippen molar-refractivity contribution in [2.24, 2.45) is 0 Å². The number of hydrogen-bond acceptors (Lipinski definition) is 7. The Balaban J connectivity index is 1.82. The van der Waals surface area contributed by atoms with Crippen LogP contribution < -0.4 is 4.74 Å². The molecule has 2 unspecified atom stereocenters. The summed E-state index contributed by atoms with van der Waals surface area (Å²) in [5, 5.41) is 4.08. The topological polar surface area (TPSA) is 113 Å². The predicted octanol–water partition coefficient (Wildman–Crippen LogP) is 0.833. The highest BCUT2D eigenvalue weighted by molar-refractivity contribution is 7.85. The van der Waals surface area contributed by atoms with Crippen molar-refractivity contribution >= 4 is 10.1 Å². The van der Waals surface area contributed by atoms with E-state index in [9.17, 15) is 8.42 Å². The van der Waals surface area contributed by atoms with Crippen molar-refractivity contribution in [3.05, 3.63) is 42.5 Å². The molecule has 1 aromatic carbocycles. The van der Waals surface area contributed by atoms with Crippen LogP contribution in [0.4, 0.5) is 0 Å². The molecule has 0 bridgehead atoms. The second-order valence-electron chi connectivity index (χ2n) is 5.70. The zero-order chi connectivity index (χ0) is 17.9. The molecule has 1 saturated heterocycles. The molecule has 1 N–H and O–H groups in total. The molecule has 1 aliphatic heterocycles. The Kier molecular flexibility index (Phi) is 5.04. The molecular weight excluding hydrogens is 350 g/mol. The van der Waals surface area contributed by atoms with Gasteiger partial charge in [0.2, 0.25) is 5.79 Å². The minimum absolute atomic E-state index is 0.133. The lowest BCUT2D eigenvalue weighted by Gasteiger charge is -2.28. The van der Waals surface area contributed by atoms with Crippen LogP contribution in [0.1, 0.15) is 12.0 Å². The molecule has 3 rings (SSSR count).